The molecule has 0 fully saturated rings. The molecule has 0 unspecified atom stereocenters. The molecule has 8 heavy (non-hydrogen) atoms. The van der Waals surface area contributed by atoms with Gasteiger partial charge in [-0.15, -0.1) is 0 Å². The number of nitrogens with one attached hydrogen (secondary N) is 1. The second-order valence-corrected chi connectivity index (χ2v) is 1.83. The van der Waals surface area contributed by atoms with Crippen LogP contribution < -0.4 is 5.43 Å². The topological polar surface area (TPSA) is 24.4 Å². The highest BCUT2D eigenvalue weighted by atomic mass is 32.2. The highest BCUT2D eigenvalue weighted by molar-refractivity contribution is 8.15. The van der Waals surface area contributed by atoms with Crippen molar-refractivity contribution in [2.75, 3.05) is 0 Å². The standard InChI is InChI=1S/C3H4N2S.C2H6/c1-3-5-4-2-6-3;1-2/h2,5H,1H2;1-2H3. The second kappa shape index (κ2) is 4.71. The third kappa shape index (κ3) is 2.69. The maximum absolute atomic E-state index is 3.65. The Hall–Kier alpha value is -0.440. The largest absolute Gasteiger partial charge is 0.272 e. The summed E-state index contributed by atoms with van der Waals surface area (Å²) in [6.07, 6.45) is 0. The van der Waals surface area contributed by atoms with Crippen molar-refractivity contribution in [3.63, 3.8) is 0 Å². The van der Waals surface area contributed by atoms with Crippen LogP contribution in [-0.2, 0) is 0 Å². The average molecular weight is 130 g/mol. The van der Waals surface area contributed by atoms with Gasteiger partial charge < -0.3 is 0 Å². The van der Waals surface area contributed by atoms with Crippen LogP contribution in [0.15, 0.2) is 16.7 Å². The molecule has 46 valence electrons. The highest BCUT2D eigenvalue weighted by Crippen LogP contribution is 2.09. The van der Waals surface area contributed by atoms with Gasteiger partial charge in [-0.1, -0.05) is 32.2 Å². The summed E-state index contributed by atoms with van der Waals surface area (Å²) in [6, 6.07) is 0. The van der Waals surface area contributed by atoms with Gasteiger partial charge >= 0.3 is 0 Å². The van der Waals surface area contributed by atoms with Crippen molar-refractivity contribution >= 4 is 17.3 Å². The van der Waals surface area contributed by atoms with Gasteiger partial charge in [-0.05, 0) is 0 Å². The van der Waals surface area contributed by atoms with Gasteiger partial charge in [-0.2, -0.15) is 5.10 Å². The lowest BCUT2D eigenvalue weighted by molar-refractivity contribution is 0.978. The van der Waals surface area contributed by atoms with Crippen molar-refractivity contribution in [3.8, 4) is 0 Å². The molecular weight excluding hydrogens is 120 g/mol. The molecule has 1 heterocycles. The summed E-state index contributed by atoms with van der Waals surface area (Å²) in [4.78, 5) is 0. The first kappa shape index (κ1) is 7.56. The average Bonchev–Trinajstić information content (AvgIpc) is 2.24. The third-order valence-electron chi connectivity index (χ3n) is 0.437. The lowest BCUT2D eigenvalue weighted by atomic mass is 11.0. The van der Waals surface area contributed by atoms with E-state index in [1.165, 1.54) is 11.8 Å². The van der Waals surface area contributed by atoms with Crippen molar-refractivity contribution in [2.24, 2.45) is 5.10 Å². The van der Waals surface area contributed by atoms with E-state index in [0.29, 0.717) is 0 Å². The molecule has 1 aliphatic heterocycles. The summed E-state index contributed by atoms with van der Waals surface area (Å²) in [5, 5.41) is 4.55. The fourth-order valence-corrected chi connectivity index (χ4v) is 0.553. The van der Waals surface area contributed by atoms with Crippen LogP contribution in [0.2, 0.25) is 0 Å². The van der Waals surface area contributed by atoms with E-state index in [2.05, 4.69) is 17.1 Å². The van der Waals surface area contributed by atoms with Crippen LogP contribution >= 0.6 is 11.8 Å². The Balaban J connectivity index is 0.000000222. The first-order valence-corrected chi connectivity index (χ1v) is 3.40. The van der Waals surface area contributed by atoms with Crippen molar-refractivity contribution in [1.82, 2.24) is 5.43 Å². The molecule has 0 aromatic carbocycles. The molecule has 0 aliphatic carbocycles. The van der Waals surface area contributed by atoms with E-state index in [1.807, 2.05) is 13.8 Å². The minimum atomic E-state index is 0.898. The predicted molar refractivity (Wildman–Crippen MR) is 39.7 cm³/mol. The Morgan fingerprint density at radius 3 is 2.50 bits per heavy atom. The molecule has 0 radical (unpaired) electrons. The van der Waals surface area contributed by atoms with Crippen LogP contribution in [-0.4, -0.2) is 5.55 Å². The molecule has 0 amide bonds. The van der Waals surface area contributed by atoms with E-state index in [4.69, 9.17) is 0 Å². The van der Waals surface area contributed by atoms with Crippen LogP contribution in [0.25, 0.3) is 0 Å². The molecule has 1 aliphatic rings. The zero-order chi connectivity index (χ0) is 6.41. The number of hydrogen-bond donors (Lipinski definition) is 1. The monoisotopic (exact) mass is 130 g/mol. The predicted octanol–water partition coefficient (Wildman–Crippen LogP) is 1.76. The van der Waals surface area contributed by atoms with Gasteiger partial charge in [0, 0.05) is 0 Å². The van der Waals surface area contributed by atoms with Gasteiger partial charge in [0.05, 0.1) is 10.6 Å². The molecule has 2 nitrogen and oxygen atoms in total. The van der Waals surface area contributed by atoms with Gasteiger partial charge in [0.2, 0.25) is 0 Å². The molecule has 0 bridgehead atoms. The number of thioether (sulfide) groups is 1. The molecular formula is C5H10N2S. The quantitative estimate of drug-likeness (QED) is 0.540. The van der Waals surface area contributed by atoms with Crippen LogP contribution in [0.1, 0.15) is 13.8 Å². The fraction of sp³-hybridized carbons (Fsp3) is 0.400. The highest BCUT2D eigenvalue weighted by Gasteiger charge is 1.92. The zero-order valence-corrected chi connectivity index (χ0v) is 5.96. The van der Waals surface area contributed by atoms with Crippen LogP contribution in [0.4, 0.5) is 0 Å². The van der Waals surface area contributed by atoms with Crippen molar-refractivity contribution in [1.29, 1.82) is 0 Å². The number of nitrogens with zero attached hydrogens (tertiary/aromatic N) is 1. The van der Waals surface area contributed by atoms with E-state index >= 15 is 0 Å². The lowest BCUT2D eigenvalue weighted by Crippen LogP contribution is -1.90. The van der Waals surface area contributed by atoms with E-state index in [1.54, 1.807) is 5.55 Å². The third-order valence-corrected chi connectivity index (χ3v) is 1.02. The fourth-order valence-electron chi connectivity index (χ4n) is 0.215. The van der Waals surface area contributed by atoms with Crippen LogP contribution in [0.5, 0.6) is 0 Å². The Bertz CT molecular complexity index is 88.6. The molecule has 0 aromatic heterocycles. The van der Waals surface area contributed by atoms with Crippen molar-refractivity contribution in [2.45, 2.75) is 13.8 Å². The van der Waals surface area contributed by atoms with Gasteiger partial charge in [-0.3, -0.25) is 5.43 Å². The first-order valence-electron chi connectivity index (χ1n) is 2.53. The summed E-state index contributed by atoms with van der Waals surface area (Å²) in [5.74, 6) is 0. The van der Waals surface area contributed by atoms with Gasteiger partial charge in [0.25, 0.3) is 0 Å². The molecule has 0 atom stereocenters. The van der Waals surface area contributed by atoms with Crippen molar-refractivity contribution < 1.29 is 0 Å². The molecule has 1 rings (SSSR count). The number of rotatable bonds is 0. The molecule has 0 saturated heterocycles. The SMILES string of the molecule is C=C1NN=CS1.CC. The minimum Gasteiger partial charge on any atom is -0.272 e. The van der Waals surface area contributed by atoms with Crippen LogP contribution in [0, 0.1) is 0 Å². The number of hydrogen-bond acceptors (Lipinski definition) is 3. The maximum Gasteiger partial charge on any atom is 0.0877 e. The van der Waals surface area contributed by atoms with E-state index in [0.717, 1.165) is 5.03 Å². The zero-order valence-electron chi connectivity index (χ0n) is 5.14. The molecule has 0 aromatic rings. The smallest absolute Gasteiger partial charge is 0.0877 e. The normalized spacial score (nSPS) is 14.5. The van der Waals surface area contributed by atoms with E-state index < -0.39 is 0 Å². The van der Waals surface area contributed by atoms with E-state index in [-0.39, 0.29) is 0 Å². The van der Waals surface area contributed by atoms with Gasteiger partial charge in [0.15, 0.2) is 0 Å². The summed E-state index contributed by atoms with van der Waals surface area (Å²) >= 11 is 1.50. The Morgan fingerprint density at radius 1 is 1.75 bits per heavy atom. The summed E-state index contributed by atoms with van der Waals surface area (Å²) < 4.78 is 0. The Kier molecular flexibility index (Phi) is 4.45. The van der Waals surface area contributed by atoms with Gasteiger partial charge in [-0.25, -0.2) is 0 Å². The molecule has 1 N–H and O–H groups in total. The summed E-state index contributed by atoms with van der Waals surface area (Å²) in [7, 11) is 0. The summed E-state index contributed by atoms with van der Waals surface area (Å²) in [6.45, 7) is 7.58. The Labute approximate surface area is 54.0 Å². The second-order valence-electron chi connectivity index (χ2n) is 0.887. The molecule has 0 saturated carbocycles. The van der Waals surface area contributed by atoms with Gasteiger partial charge in [0.1, 0.15) is 0 Å². The lowest BCUT2D eigenvalue weighted by Gasteiger charge is -1.83. The molecule has 0 spiro atoms. The first-order chi connectivity index (χ1) is 3.89. The van der Waals surface area contributed by atoms with Crippen LogP contribution in [0.3, 0.4) is 0 Å². The summed E-state index contributed by atoms with van der Waals surface area (Å²) in [5.41, 5.74) is 4.37. The molecule has 3 heteroatoms. The number of hydrazone groups is 1. The van der Waals surface area contributed by atoms with Crippen molar-refractivity contribution in [3.05, 3.63) is 11.6 Å². The van der Waals surface area contributed by atoms with E-state index in [9.17, 15) is 0 Å². The maximum atomic E-state index is 3.65. The minimum absolute atomic E-state index is 0.898. The Morgan fingerprint density at radius 2 is 2.38 bits per heavy atom.